The molecule has 1 aromatic carbocycles. The summed E-state index contributed by atoms with van der Waals surface area (Å²) in [6, 6.07) is 9.40. The van der Waals surface area contributed by atoms with Gasteiger partial charge in [0.25, 0.3) is 0 Å². The van der Waals surface area contributed by atoms with Crippen molar-refractivity contribution in [1.82, 2.24) is 0 Å². The number of allylic oxidation sites excluding steroid dienone is 1. The van der Waals surface area contributed by atoms with Crippen molar-refractivity contribution >= 4 is 21.6 Å². The van der Waals surface area contributed by atoms with Gasteiger partial charge in [0.15, 0.2) is 0 Å². The summed E-state index contributed by atoms with van der Waals surface area (Å²) in [7, 11) is 0. The van der Waals surface area contributed by atoms with E-state index in [2.05, 4.69) is 28.2 Å². The molecule has 1 rings (SSSR count). The van der Waals surface area contributed by atoms with Gasteiger partial charge in [0.05, 0.1) is 0 Å². The van der Waals surface area contributed by atoms with E-state index in [1.807, 2.05) is 18.2 Å². The van der Waals surface area contributed by atoms with Crippen LogP contribution in [0.15, 0.2) is 34.4 Å². The van der Waals surface area contributed by atoms with Gasteiger partial charge in [0.1, 0.15) is 17.7 Å². The second kappa shape index (κ2) is 5.95. The molecule has 1 N–H and O–H groups in total. The fourth-order valence-corrected chi connectivity index (χ4v) is 1.83. The van der Waals surface area contributed by atoms with E-state index < -0.39 is 0 Å². The van der Waals surface area contributed by atoms with Crippen molar-refractivity contribution in [2.45, 2.75) is 13.3 Å². The summed E-state index contributed by atoms with van der Waals surface area (Å²) in [5, 5.41) is 20.0. The minimum absolute atomic E-state index is 0.0516. The van der Waals surface area contributed by atoms with Crippen LogP contribution in [-0.2, 0) is 6.42 Å². The number of nitrogens with zero attached hydrogens (tertiary/aromatic N) is 2. The Morgan fingerprint density at radius 1 is 1.44 bits per heavy atom. The summed E-state index contributed by atoms with van der Waals surface area (Å²) in [6.45, 7) is 2.08. The van der Waals surface area contributed by atoms with Gasteiger partial charge in [0, 0.05) is 16.4 Å². The van der Waals surface area contributed by atoms with E-state index >= 15 is 0 Å². The van der Waals surface area contributed by atoms with Gasteiger partial charge in [0.2, 0.25) is 0 Å². The van der Waals surface area contributed by atoms with E-state index in [4.69, 9.17) is 10.5 Å². The molecule has 0 aliphatic carbocycles. The molecule has 0 aliphatic heterocycles. The highest BCUT2D eigenvalue weighted by Crippen LogP contribution is 2.22. The van der Waals surface area contributed by atoms with Crippen molar-refractivity contribution in [3.05, 3.63) is 40.0 Å². The number of hydrogen-bond acceptors (Lipinski definition) is 3. The Kier molecular flexibility index (Phi) is 4.57. The van der Waals surface area contributed by atoms with Gasteiger partial charge in [-0.25, -0.2) is 0 Å². The maximum atomic E-state index is 8.55. The van der Waals surface area contributed by atoms with Crippen molar-refractivity contribution in [1.29, 1.82) is 10.5 Å². The molecule has 0 atom stereocenters. The van der Waals surface area contributed by atoms with E-state index in [1.165, 1.54) is 11.8 Å². The van der Waals surface area contributed by atoms with E-state index in [9.17, 15) is 0 Å². The van der Waals surface area contributed by atoms with Crippen LogP contribution in [0.25, 0.3) is 0 Å². The Labute approximate surface area is 103 Å². The Morgan fingerprint density at radius 2 is 2.12 bits per heavy atom. The zero-order valence-corrected chi connectivity index (χ0v) is 10.4. The number of nitriles is 2. The lowest BCUT2D eigenvalue weighted by molar-refractivity contribution is 1.13. The second-order valence-electron chi connectivity index (χ2n) is 3.09. The third kappa shape index (κ3) is 3.12. The number of hydrogen-bond donors (Lipinski definition) is 1. The molecular weight excluding hydrogens is 266 g/mol. The standard InChI is InChI=1S/C12H10BrN3/c1-2-10-3-4-11(5-12(10)13)16-8-9(6-14)7-15/h3-5,8,16H,2H2,1H3. The number of halogens is 1. The Hall–Kier alpha value is -1.78. The molecular formula is C12H10BrN3. The van der Waals surface area contributed by atoms with Crippen LogP contribution in [-0.4, -0.2) is 0 Å². The lowest BCUT2D eigenvalue weighted by Gasteiger charge is -2.05. The number of anilines is 1. The summed E-state index contributed by atoms with van der Waals surface area (Å²) in [6.07, 6.45) is 2.35. The molecule has 0 spiro atoms. The Bertz CT molecular complexity index is 476. The van der Waals surface area contributed by atoms with Crippen LogP contribution in [0.2, 0.25) is 0 Å². The van der Waals surface area contributed by atoms with Gasteiger partial charge in [-0.05, 0) is 24.1 Å². The maximum absolute atomic E-state index is 8.55. The van der Waals surface area contributed by atoms with E-state index in [1.54, 1.807) is 12.1 Å². The molecule has 0 saturated carbocycles. The zero-order valence-electron chi connectivity index (χ0n) is 8.79. The van der Waals surface area contributed by atoms with E-state index in [0.717, 1.165) is 16.6 Å². The van der Waals surface area contributed by atoms with Crippen LogP contribution in [0.1, 0.15) is 12.5 Å². The van der Waals surface area contributed by atoms with Crippen molar-refractivity contribution < 1.29 is 0 Å². The van der Waals surface area contributed by atoms with Crippen LogP contribution in [0.5, 0.6) is 0 Å². The summed E-state index contributed by atoms with van der Waals surface area (Å²) in [4.78, 5) is 0. The van der Waals surface area contributed by atoms with E-state index in [0.29, 0.717) is 0 Å². The van der Waals surface area contributed by atoms with Gasteiger partial charge >= 0.3 is 0 Å². The predicted molar refractivity (Wildman–Crippen MR) is 66.5 cm³/mol. The minimum Gasteiger partial charge on any atom is -0.360 e. The molecule has 0 unspecified atom stereocenters. The molecule has 16 heavy (non-hydrogen) atoms. The molecule has 0 amide bonds. The summed E-state index contributed by atoms with van der Waals surface area (Å²) >= 11 is 3.46. The van der Waals surface area contributed by atoms with Crippen molar-refractivity contribution in [2.24, 2.45) is 0 Å². The van der Waals surface area contributed by atoms with Gasteiger partial charge < -0.3 is 5.32 Å². The molecule has 0 aromatic heterocycles. The minimum atomic E-state index is 0.0516. The quantitative estimate of drug-likeness (QED) is 0.861. The largest absolute Gasteiger partial charge is 0.360 e. The van der Waals surface area contributed by atoms with E-state index in [-0.39, 0.29) is 5.57 Å². The average molecular weight is 276 g/mol. The van der Waals surface area contributed by atoms with Crippen molar-refractivity contribution in [3.63, 3.8) is 0 Å². The first-order valence-electron chi connectivity index (χ1n) is 4.76. The molecule has 0 saturated heterocycles. The first-order valence-corrected chi connectivity index (χ1v) is 5.56. The first kappa shape index (κ1) is 12.3. The first-order chi connectivity index (χ1) is 7.71. The molecule has 80 valence electrons. The predicted octanol–water partition coefficient (Wildman–Crippen LogP) is 3.35. The van der Waals surface area contributed by atoms with Gasteiger partial charge in [-0.1, -0.05) is 28.9 Å². The van der Waals surface area contributed by atoms with Crippen molar-refractivity contribution in [3.8, 4) is 12.1 Å². The van der Waals surface area contributed by atoms with Crippen LogP contribution >= 0.6 is 15.9 Å². The SMILES string of the molecule is CCc1ccc(NC=C(C#N)C#N)cc1Br. The lowest BCUT2D eigenvalue weighted by Crippen LogP contribution is -1.91. The Balaban J connectivity index is 2.85. The number of benzene rings is 1. The van der Waals surface area contributed by atoms with Gasteiger partial charge in [-0.15, -0.1) is 0 Å². The molecule has 3 nitrogen and oxygen atoms in total. The molecule has 0 heterocycles. The third-order valence-electron chi connectivity index (χ3n) is 2.06. The summed E-state index contributed by atoms with van der Waals surface area (Å²) in [5.41, 5.74) is 2.11. The molecule has 0 fully saturated rings. The van der Waals surface area contributed by atoms with Crippen LogP contribution in [0.4, 0.5) is 5.69 Å². The maximum Gasteiger partial charge on any atom is 0.145 e. The molecule has 4 heteroatoms. The summed E-state index contributed by atoms with van der Waals surface area (Å²) in [5.74, 6) is 0. The molecule has 1 aromatic rings. The Morgan fingerprint density at radius 3 is 2.62 bits per heavy atom. The van der Waals surface area contributed by atoms with Gasteiger partial charge in [-0.3, -0.25) is 0 Å². The number of aryl methyl sites for hydroxylation is 1. The highest BCUT2D eigenvalue weighted by Gasteiger charge is 1.99. The normalized spacial score (nSPS) is 8.75. The van der Waals surface area contributed by atoms with Crippen LogP contribution < -0.4 is 5.32 Å². The fourth-order valence-electron chi connectivity index (χ4n) is 1.17. The fraction of sp³-hybridized carbons (Fsp3) is 0.167. The summed E-state index contributed by atoms with van der Waals surface area (Å²) < 4.78 is 1.02. The highest BCUT2D eigenvalue weighted by atomic mass is 79.9. The van der Waals surface area contributed by atoms with Gasteiger partial charge in [-0.2, -0.15) is 10.5 Å². The zero-order chi connectivity index (χ0) is 12.0. The second-order valence-corrected chi connectivity index (χ2v) is 3.94. The average Bonchev–Trinajstić information content (AvgIpc) is 2.30. The number of nitrogens with one attached hydrogen (secondary N) is 1. The van der Waals surface area contributed by atoms with Crippen LogP contribution in [0, 0.1) is 22.7 Å². The monoisotopic (exact) mass is 275 g/mol. The number of rotatable bonds is 3. The van der Waals surface area contributed by atoms with Crippen LogP contribution in [0.3, 0.4) is 0 Å². The smallest absolute Gasteiger partial charge is 0.145 e. The lowest BCUT2D eigenvalue weighted by atomic mass is 10.1. The van der Waals surface area contributed by atoms with Crippen molar-refractivity contribution in [2.75, 3.05) is 5.32 Å². The molecule has 0 aliphatic rings. The molecule has 0 radical (unpaired) electrons. The topological polar surface area (TPSA) is 59.6 Å². The highest BCUT2D eigenvalue weighted by molar-refractivity contribution is 9.10. The third-order valence-corrected chi connectivity index (χ3v) is 2.80. The molecule has 0 bridgehead atoms.